The number of hydrogen-bond acceptors (Lipinski definition) is 3. The van der Waals surface area contributed by atoms with E-state index in [-0.39, 0.29) is 18.3 Å². The number of rotatable bonds is 0. The highest BCUT2D eigenvalue weighted by atomic mass is 32.2. The Balaban J connectivity index is 2.24. The molecule has 0 aromatic heterocycles. The van der Waals surface area contributed by atoms with Crippen LogP contribution >= 0.6 is 0 Å². The van der Waals surface area contributed by atoms with Crippen molar-refractivity contribution < 1.29 is 18.3 Å². The molecule has 2 aliphatic rings. The van der Waals surface area contributed by atoms with E-state index in [1.165, 1.54) is 4.90 Å². The number of sulfone groups is 1. The molecule has 2 rings (SSSR count). The predicted molar refractivity (Wildman–Crippen MR) is 40.7 cm³/mol. The summed E-state index contributed by atoms with van der Waals surface area (Å²) >= 11 is 0. The Labute approximate surface area is 69.9 Å². The maximum atomic E-state index is 11.2. The van der Waals surface area contributed by atoms with Gasteiger partial charge in [-0.3, -0.25) is 0 Å². The monoisotopic (exact) mass is 191 g/mol. The lowest BCUT2D eigenvalue weighted by molar-refractivity contribution is 0.143. The second-order valence-corrected chi connectivity index (χ2v) is 5.60. The summed E-state index contributed by atoms with van der Waals surface area (Å²) in [5.41, 5.74) is 0. The lowest BCUT2D eigenvalue weighted by Gasteiger charge is -2.23. The molecule has 2 bridgehead atoms. The number of amides is 1. The molecule has 12 heavy (non-hydrogen) atoms. The molecular weight excluding hydrogens is 182 g/mol. The van der Waals surface area contributed by atoms with Gasteiger partial charge < -0.3 is 10.0 Å². The minimum atomic E-state index is -2.96. The molecule has 0 aromatic carbocycles. The maximum absolute atomic E-state index is 11.2. The maximum Gasteiger partial charge on any atom is 0.407 e. The molecule has 2 aliphatic heterocycles. The van der Waals surface area contributed by atoms with Gasteiger partial charge in [0.2, 0.25) is 0 Å². The highest BCUT2D eigenvalue weighted by Crippen LogP contribution is 2.32. The van der Waals surface area contributed by atoms with Crippen molar-refractivity contribution in [3.8, 4) is 0 Å². The van der Waals surface area contributed by atoms with Crippen LogP contribution in [0.4, 0.5) is 4.79 Å². The topological polar surface area (TPSA) is 74.7 Å². The standard InChI is InChI=1S/C6H9NO4S/c8-6(9)7-2-5-1-4(7)3-12(5,10)11/h4-5H,1-3H2,(H,8,9)/t4-,5-/m0/s1. The molecule has 0 spiro atoms. The van der Waals surface area contributed by atoms with Gasteiger partial charge in [-0.1, -0.05) is 0 Å². The molecule has 1 amide bonds. The minimum absolute atomic E-state index is 0.0178. The van der Waals surface area contributed by atoms with E-state index < -0.39 is 21.2 Å². The molecule has 1 N–H and O–H groups in total. The van der Waals surface area contributed by atoms with Crippen LogP contribution in [0.3, 0.4) is 0 Å². The first-order valence-corrected chi connectivity index (χ1v) is 5.43. The van der Waals surface area contributed by atoms with Gasteiger partial charge in [-0.05, 0) is 6.42 Å². The molecule has 0 aliphatic carbocycles. The number of carbonyl (C=O) groups is 1. The molecule has 5 nitrogen and oxygen atoms in total. The number of nitrogens with zero attached hydrogens (tertiary/aromatic N) is 1. The molecule has 0 aromatic rings. The molecule has 0 unspecified atom stereocenters. The van der Waals surface area contributed by atoms with Crippen LogP contribution in [0.25, 0.3) is 0 Å². The van der Waals surface area contributed by atoms with Crippen LogP contribution in [-0.2, 0) is 9.84 Å². The van der Waals surface area contributed by atoms with Crippen molar-refractivity contribution in [3.05, 3.63) is 0 Å². The van der Waals surface area contributed by atoms with Crippen molar-refractivity contribution in [1.82, 2.24) is 4.90 Å². The molecular formula is C6H9NO4S. The van der Waals surface area contributed by atoms with E-state index in [0.29, 0.717) is 6.42 Å². The van der Waals surface area contributed by atoms with Crippen molar-refractivity contribution >= 4 is 15.9 Å². The first kappa shape index (κ1) is 7.85. The predicted octanol–water partition coefficient (Wildman–Crippen LogP) is -0.464. The Morgan fingerprint density at radius 2 is 2.17 bits per heavy atom. The Kier molecular flexibility index (Phi) is 1.39. The second kappa shape index (κ2) is 2.12. The number of hydrogen-bond donors (Lipinski definition) is 1. The normalized spacial score (nSPS) is 37.2. The van der Waals surface area contributed by atoms with Gasteiger partial charge in [0.1, 0.15) is 0 Å². The Morgan fingerprint density at radius 1 is 1.50 bits per heavy atom. The van der Waals surface area contributed by atoms with Crippen molar-refractivity contribution in [2.45, 2.75) is 17.7 Å². The fourth-order valence-electron chi connectivity index (χ4n) is 1.93. The summed E-state index contributed by atoms with van der Waals surface area (Å²) in [4.78, 5) is 11.8. The van der Waals surface area contributed by atoms with E-state index in [2.05, 4.69) is 0 Å². The third-order valence-electron chi connectivity index (χ3n) is 2.55. The average molecular weight is 191 g/mol. The van der Waals surface area contributed by atoms with Gasteiger partial charge in [0.25, 0.3) is 0 Å². The zero-order valence-electron chi connectivity index (χ0n) is 6.30. The van der Waals surface area contributed by atoms with Crippen molar-refractivity contribution in [1.29, 1.82) is 0 Å². The summed E-state index contributed by atoms with van der Waals surface area (Å²) in [5.74, 6) is 0.0178. The third-order valence-corrected chi connectivity index (χ3v) is 4.76. The quantitative estimate of drug-likeness (QED) is 0.562. The van der Waals surface area contributed by atoms with Crippen molar-refractivity contribution in [2.24, 2.45) is 0 Å². The summed E-state index contributed by atoms with van der Waals surface area (Å²) in [6.45, 7) is 0.169. The molecule has 68 valence electrons. The van der Waals surface area contributed by atoms with Crippen LogP contribution < -0.4 is 0 Å². The Bertz CT molecular complexity index is 322. The highest BCUT2D eigenvalue weighted by molar-refractivity contribution is 7.92. The molecule has 2 heterocycles. The molecule has 6 heteroatoms. The van der Waals surface area contributed by atoms with Crippen LogP contribution in [0.15, 0.2) is 0 Å². The van der Waals surface area contributed by atoms with Gasteiger partial charge in [-0.15, -0.1) is 0 Å². The fourth-order valence-corrected chi connectivity index (χ4v) is 3.96. The van der Waals surface area contributed by atoms with Crippen LogP contribution in [0.1, 0.15) is 6.42 Å². The van der Waals surface area contributed by atoms with Crippen molar-refractivity contribution in [2.75, 3.05) is 12.3 Å². The molecule has 0 saturated carbocycles. The van der Waals surface area contributed by atoms with Gasteiger partial charge in [-0.2, -0.15) is 0 Å². The minimum Gasteiger partial charge on any atom is -0.465 e. The summed E-state index contributed by atoms with van der Waals surface area (Å²) in [5, 5.41) is 8.20. The van der Waals surface area contributed by atoms with E-state index in [9.17, 15) is 13.2 Å². The molecule has 0 radical (unpaired) electrons. The number of fused-ring (bicyclic) bond motifs is 2. The van der Waals surface area contributed by atoms with E-state index in [4.69, 9.17) is 5.11 Å². The number of carboxylic acid groups (broad SMARTS) is 1. The third kappa shape index (κ3) is 0.906. The smallest absolute Gasteiger partial charge is 0.407 e. The Morgan fingerprint density at radius 3 is 2.50 bits per heavy atom. The van der Waals surface area contributed by atoms with Gasteiger partial charge in [0, 0.05) is 6.54 Å². The van der Waals surface area contributed by atoms with E-state index in [0.717, 1.165) is 0 Å². The zero-order chi connectivity index (χ0) is 8.93. The second-order valence-electron chi connectivity index (χ2n) is 3.28. The van der Waals surface area contributed by atoms with Crippen LogP contribution in [0, 0.1) is 0 Å². The number of likely N-dealkylation sites (tertiary alicyclic amines) is 1. The largest absolute Gasteiger partial charge is 0.465 e. The summed E-state index contributed by atoms with van der Waals surface area (Å²) < 4.78 is 22.3. The first-order valence-electron chi connectivity index (χ1n) is 3.72. The van der Waals surface area contributed by atoms with Crippen LogP contribution in [-0.4, -0.2) is 48.1 Å². The highest BCUT2D eigenvalue weighted by Gasteiger charge is 2.50. The first-order chi connectivity index (χ1) is 5.50. The molecule has 2 saturated heterocycles. The Hall–Kier alpha value is -0.780. The molecule has 2 atom stereocenters. The lowest BCUT2D eigenvalue weighted by atomic mass is 10.2. The van der Waals surface area contributed by atoms with E-state index >= 15 is 0 Å². The zero-order valence-corrected chi connectivity index (χ0v) is 7.12. The van der Waals surface area contributed by atoms with Gasteiger partial charge in [0.15, 0.2) is 9.84 Å². The summed E-state index contributed by atoms with van der Waals surface area (Å²) in [7, 11) is -2.96. The fraction of sp³-hybridized carbons (Fsp3) is 0.833. The average Bonchev–Trinajstić information content (AvgIpc) is 2.40. The van der Waals surface area contributed by atoms with E-state index in [1.54, 1.807) is 0 Å². The van der Waals surface area contributed by atoms with Gasteiger partial charge in [0.05, 0.1) is 17.0 Å². The van der Waals surface area contributed by atoms with Crippen molar-refractivity contribution in [3.63, 3.8) is 0 Å². The van der Waals surface area contributed by atoms with Crippen LogP contribution in [0.5, 0.6) is 0 Å². The molecule has 2 fully saturated rings. The van der Waals surface area contributed by atoms with Gasteiger partial charge in [-0.25, -0.2) is 13.2 Å². The van der Waals surface area contributed by atoms with Crippen LogP contribution in [0.2, 0.25) is 0 Å². The van der Waals surface area contributed by atoms with E-state index in [1.807, 2.05) is 0 Å². The van der Waals surface area contributed by atoms with Gasteiger partial charge >= 0.3 is 6.09 Å². The lowest BCUT2D eigenvalue weighted by Crippen LogP contribution is -2.43. The SMILES string of the molecule is O=C(O)N1C[C@@H]2C[C@H]1CS2(=O)=O. The summed E-state index contributed by atoms with van der Waals surface area (Å²) in [6.07, 6.45) is -0.508. The summed E-state index contributed by atoms with van der Waals surface area (Å²) in [6, 6.07) is -0.280.